The quantitative estimate of drug-likeness (QED) is 0.470. The van der Waals surface area contributed by atoms with Gasteiger partial charge < -0.3 is 5.73 Å². The summed E-state index contributed by atoms with van der Waals surface area (Å²) in [6.45, 7) is 0. The number of nitrogens with zero attached hydrogens (tertiary/aromatic N) is 2. The first-order chi connectivity index (χ1) is 10.9. The molecule has 0 saturated heterocycles. The molecule has 0 saturated carbocycles. The number of halogens is 9. The Morgan fingerprint density at radius 2 is 1.33 bits per heavy atom. The molecule has 0 unspecified atom stereocenters. The number of hydrogen-bond donors (Lipinski definition) is 1. The third-order valence-electron chi connectivity index (χ3n) is 2.77. The molecule has 2 N–H and O–H groups in total. The predicted molar refractivity (Wildman–Crippen MR) is 64.4 cm³/mol. The molecule has 1 aromatic heterocycles. The van der Waals surface area contributed by atoms with Gasteiger partial charge >= 0.3 is 6.18 Å². The number of benzene rings is 1. The number of alkyl halides is 3. The van der Waals surface area contributed by atoms with Gasteiger partial charge in [0.1, 0.15) is 5.69 Å². The number of hydrogen-bond acceptors (Lipinski definition) is 3. The van der Waals surface area contributed by atoms with E-state index in [1.807, 2.05) is 0 Å². The molecule has 24 heavy (non-hydrogen) atoms. The molecular weight excluding hydrogens is 378 g/mol. The van der Waals surface area contributed by atoms with Crippen LogP contribution in [-0.2, 0) is 6.18 Å². The van der Waals surface area contributed by atoms with Gasteiger partial charge in [0.25, 0.3) is 5.56 Å². The Bertz CT molecular complexity index is 879. The van der Waals surface area contributed by atoms with Gasteiger partial charge in [-0.3, -0.25) is 4.79 Å². The first kappa shape index (κ1) is 18.0. The van der Waals surface area contributed by atoms with E-state index in [1.54, 1.807) is 0 Å². The van der Waals surface area contributed by atoms with Crippen LogP contribution >= 0.6 is 11.8 Å². The van der Waals surface area contributed by atoms with Gasteiger partial charge in [-0.25, -0.2) is 26.9 Å². The van der Waals surface area contributed by atoms with E-state index in [4.69, 9.17) is 17.5 Å². The topological polar surface area (TPSA) is 60.9 Å². The van der Waals surface area contributed by atoms with Crippen LogP contribution in [0.25, 0.3) is 11.4 Å². The highest BCUT2D eigenvalue weighted by Crippen LogP contribution is 2.35. The summed E-state index contributed by atoms with van der Waals surface area (Å²) < 4.78 is 105. The molecule has 2 rings (SSSR count). The minimum Gasteiger partial charge on any atom is -0.392 e. The minimum absolute atomic E-state index is 0.386. The van der Waals surface area contributed by atoms with Crippen molar-refractivity contribution < 1.29 is 35.1 Å². The highest BCUT2D eigenvalue weighted by Gasteiger charge is 2.39. The number of aromatic nitrogens is 2. The molecule has 0 atom stereocenters. The number of anilines is 1. The molecule has 4 nitrogen and oxygen atoms in total. The van der Waals surface area contributed by atoms with E-state index in [-0.39, 0.29) is 4.09 Å². The van der Waals surface area contributed by atoms with E-state index in [2.05, 4.69) is 4.98 Å². The largest absolute Gasteiger partial charge is 0.435 e. The van der Waals surface area contributed by atoms with Gasteiger partial charge in [-0.1, -0.05) is 0 Å². The smallest absolute Gasteiger partial charge is 0.392 e. The van der Waals surface area contributed by atoms with Crippen molar-refractivity contribution in [1.29, 1.82) is 0 Å². The van der Waals surface area contributed by atoms with Gasteiger partial charge in [0.2, 0.25) is 5.82 Å². The van der Waals surface area contributed by atoms with E-state index in [1.165, 1.54) is 0 Å². The van der Waals surface area contributed by atoms with Crippen molar-refractivity contribution in [2.24, 2.45) is 0 Å². The number of rotatable bonds is 1. The SMILES string of the molecule is Nc1c(C(F)(F)F)nc(-c2c(F)c(F)c(F)c(F)c2F)n(Cl)c1=O. The van der Waals surface area contributed by atoms with Gasteiger partial charge in [-0.2, -0.15) is 17.3 Å². The molecule has 0 spiro atoms. The van der Waals surface area contributed by atoms with E-state index < -0.39 is 63.6 Å². The van der Waals surface area contributed by atoms with Crippen LogP contribution in [0.3, 0.4) is 0 Å². The maximum absolute atomic E-state index is 13.7. The lowest BCUT2D eigenvalue weighted by Crippen LogP contribution is -2.27. The van der Waals surface area contributed by atoms with Crippen LogP contribution in [-0.4, -0.2) is 9.07 Å². The summed E-state index contributed by atoms with van der Waals surface area (Å²) in [7, 11) is 0. The second-order valence-corrected chi connectivity index (χ2v) is 4.56. The van der Waals surface area contributed by atoms with Crippen LogP contribution in [0.1, 0.15) is 5.69 Å². The second kappa shape index (κ2) is 5.61. The summed E-state index contributed by atoms with van der Waals surface area (Å²) >= 11 is 5.27. The predicted octanol–water partition coefficient (Wildman–Crippen LogP) is 3.21. The van der Waals surface area contributed by atoms with Gasteiger partial charge in [-0.15, -0.1) is 0 Å². The molecule has 0 aliphatic rings. The standard InChI is InChI=1S/C11H2ClF8N3O/c12-23-9(22-8(11(18,19)20)7(21)10(23)24)1-2(13)4(15)6(17)5(16)3(1)14/h21H2. The minimum atomic E-state index is -5.35. The van der Waals surface area contributed by atoms with E-state index in [0.717, 1.165) is 0 Å². The highest BCUT2D eigenvalue weighted by molar-refractivity contribution is 6.17. The summed E-state index contributed by atoms with van der Waals surface area (Å²) in [6, 6.07) is 0. The maximum Gasteiger partial charge on any atom is 0.435 e. The lowest BCUT2D eigenvalue weighted by atomic mass is 10.1. The monoisotopic (exact) mass is 379 g/mol. The zero-order valence-corrected chi connectivity index (χ0v) is 11.5. The third kappa shape index (κ3) is 2.56. The summed E-state index contributed by atoms with van der Waals surface area (Å²) in [5.74, 6) is -14.2. The Balaban J connectivity index is 3.00. The Hall–Kier alpha value is -2.37. The zero-order chi connectivity index (χ0) is 18.6. The van der Waals surface area contributed by atoms with Gasteiger partial charge in [0.05, 0.1) is 5.56 Å². The second-order valence-electron chi connectivity index (χ2n) is 4.23. The molecular formula is C11H2ClF8N3O. The van der Waals surface area contributed by atoms with Crippen molar-refractivity contribution in [3.8, 4) is 11.4 Å². The van der Waals surface area contributed by atoms with Crippen LogP contribution in [0.15, 0.2) is 4.79 Å². The first-order valence-corrected chi connectivity index (χ1v) is 5.91. The number of nitrogens with two attached hydrogens (primary N) is 1. The highest BCUT2D eigenvalue weighted by atomic mass is 35.5. The lowest BCUT2D eigenvalue weighted by molar-refractivity contribution is -0.140. The molecule has 0 bridgehead atoms. The van der Waals surface area contributed by atoms with Gasteiger partial charge in [-0.05, 0) is 0 Å². The lowest BCUT2D eigenvalue weighted by Gasteiger charge is -2.14. The first-order valence-electron chi connectivity index (χ1n) is 5.57. The van der Waals surface area contributed by atoms with Crippen LogP contribution in [0.2, 0.25) is 0 Å². The normalized spacial score (nSPS) is 11.9. The van der Waals surface area contributed by atoms with Crippen LogP contribution < -0.4 is 11.3 Å². The molecule has 0 fully saturated rings. The van der Waals surface area contributed by atoms with Gasteiger partial charge in [0, 0.05) is 11.8 Å². The van der Waals surface area contributed by atoms with Crippen molar-refractivity contribution in [2.45, 2.75) is 6.18 Å². The van der Waals surface area contributed by atoms with Crippen molar-refractivity contribution >= 4 is 17.5 Å². The number of nitrogen functional groups attached to an aromatic ring is 1. The average molecular weight is 380 g/mol. The molecule has 0 radical (unpaired) electrons. The Morgan fingerprint density at radius 3 is 1.75 bits per heavy atom. The Labute approximate surface area is 131 Å². The van der Waals surface area contributed by atoms with Gasteiger partial charge in [0.15, 0.2) is 34.8 Å². The molecule has 130 valence electrons. The molecule has 0 aliphatic carbocycles. The van der Waals surface area contributed by atoms with Crippen molar-refractivity contribution in [3.05, 3.63) is 45.1 Å². The molecule has 1 heterocycles. The van der Waals surface area contributed by atoms with Crippen molar-refractivity contribution in [3.63, 3.8) is 0 Å². The zero-order valence-electron chi connectivity index (χ0n) is 10.8. The fourth-order valence-electron chi connectivity index (χ4n) is 1.68. The fraction of sp³-hybridized carbons (Fsp3) is 0.0909. The molecule has 13 heteroatoms. The molecule has 1 aromatic carbocycles. The van der Waals surface area contributed by atoms with E-state index in [9.17, 15) is 39.9 Å². The van der Waals surface area contributed by atoms with Crippen LogP contribution in [0.4, 0.5) is 40.8 Å². The summed E-state index contributed by atoms with van der Waals surface area (Å²) in [5.41, 5.74) is -2.46. The third-order valence-corrected chi connectivity index (χ3v) is 3.08. The van der Waals surface area contributed by atoms with E-state index >= 15 is 0 Å². The van der Waals surface area contributed by atoms with Crippen molar-refractivity contribution in [1.82, 2.24) is 9.07 Å². The molecule has 2 aromatic rings. The average Bonchev–Trinajstić information content (AvgIpc) is 2.49. The van der Waals surface area contributed by atoms with E-state index in [0.29, 0.717) is 0 Å². The fourth-order valence-corrected chi connectivity index (χ4v) is 1.90. The Morgan fingerprint density at radius 1 is 0.917 bits per heavy atom. The Kier molecular flexibility index (Phi) is 4.20. The molecule has 0 aliphatic heterocycles. The molecule has 0 amide bonds. The summed E-state index contributed by atoms with van der Waals surface area (Å²) in [4.78, 5) is 14.2. The van der Waals surface area contributed by atoms with Crippen molar-refractivity contribution in [2.75, 3.05) is 5.73 Å². The maximum atomic E-state index is 13.7. The summed E-state index contributed by atoms with van der Waals surface area (Å²) in [6.07, 6.45) is -5.35. The summed E-state index contributed by atoms with van der Waals surface area (Å²) in [5, 5.41) is 0. The van der Waals surface area contributed by atoms with Crippen LogP contribution in [0, 0.1) is 29.1 Å². The van der Waals surface area contributed by atoms with Crippen LogP contribution in [0.5, 0.6) is 0 Å².